The maximum absolute atomic E-state index is 2.48. The van der Waals surface area contributed by atoms with E-state index in [2.05, 4.69) is 254 Å². The van der Waals surface area contributed by atoms with Crippen LogP contribution in [0, 0.1) is 0 Å². The van der Waals surface area contributed by atoms with Crippen molar-refractivity contribution in [2.24, 2.45) is 0 Å². The fourth-order valence-corrected chi connectivity index (χ4v) is 10.3. The van der Waals surface area contributed by atoms with E-state index in [1.54, 1.807) is 0 Å². The van der Waals surface area contributed by atoms with Gasteiger partial charge in [-0.05, 0) is 129 Å². The van der Waals surface area contributed by atoms with Gasteiger partial charge in [0, 0.05) is 48.9 Å². The Labute approximate surface area is 368 Å². The molecule has 0 aliphatic heterocycles. The highest BCUT2D eigenvalue weighted by Crippen LogP contribution is 2.53. The van der Waals surface area contributed by atoms with Crippen LogP contribution in [0.15, 0.2) is 218 Å². The van der Waals surface area contributed by atoms with Crippen molar-refractivity contribution in [1.82, 2.24) is 4.57 Å². The molecule has 2 nitrogen and oxygen atoms in total. The summed E-state index contributed by atoms with van der Waals surface area (Å²) in [7, 11) is 0. The molecule has 10 aromatic rings. The summed E-state index contributed by atoms with van der Waals surface area (Å²) < 4.78 is 2.48. The van der Waals surface area contributed by atoms with Gasteiger partial charge in [0.15, 0.2) is 0 Å². The Morgan fingerprint density at radius 1 is 0.468 bits per heavy atom. The van der Waals surface area contributed by atoms with Gasteiger partial charge in [-0.2, -0.15) is 0 Å². The van der Waals surface area contributed by atoms with E-state index in [1.807, 2.05) is 11.3 Å². The van der Waals surface area contributed by atoms with Gasteiger partial charge in [0.25, 0.3) is 0 Å². The lowest BCUT2D eigenvalue weighted by molar-refractivity contribution is 0.661. The summed E-state index contributed by atoms with van der Waals surface area (Å²) in [5.74, 6) is 0. The minimum absolute atomic E-state index is 0.191. The second kappa shape index (κ2) is 15.5. The maximum Gasteiger partial charge on any atom is 0.0619 e. The number of hydrogen-bond acceptors (Lipinski definition) is 2. The number of para-hydroxylation sites is 3. The zero-order valence-electron chi connectivity index (χ0n) is 34.7. The summed E-state index contributed by atoms with van der Waals surface area (Å²) >= 11 is 1.84. The Bertz CT molecular complexity index is 3180. The molecule has 0 bridgehead atoms. The summed E-state index contributed by atoms with van der Waals surface area (Å²) in [5.41, 5.74) is 18.3. The smallest absolute Gasteiger partial charge is 0.0619 e. The lowest BCUT2D eigenvalue weighted by atomic mass is 9.81. The zero-order valence-corrected chi connectivity index (χ0v) is 35.6. The Balaban J connectivity index is 0.937. The number of anilines is 3. The van der Waals surface area contributed by atoms with Crippen LogP contribution in [0.5, 0.6) is 0 Å². The van der Waals surface area contributed by atoms with Crippen molar-refractivity contribution < 1.29 is 0 Å². The number of nitrogens with zero attached hydrogens (tertiary/aromatic N) is 2. The minimum Gasteiger partial charge on any atom is -0.311 e. The van der Waals surface area contributed by atoms with Crippen LogP contribution < -0.4 is 4.90 Å². The summed E-state index contributed by atoms with van der Waals surface area (Å²) in [5, 5.41) is 1.26. The summed E-state index contributed by atoms with van der Waals surface area (Å²) in [6, 6.07) is 79.2. The van der Waals surface area contributed by atoms with E-state index in [4.69, 9.17) is 0 Å². The van der Waals surface area contributed by atoms with Crippen molar-refractivity contribution in [3.8, 4) is 49.6 Å². The normalized spacial score (nSPS) is 12.7. The van der Waals surface area contributed by atoms with Crippen LogP contribution in [-0.2, 0) is 5.41 Å². The number of fused-ring (bicyclic) bond motifs is 4. The van der Waals surface area contributed by atoms with Crippen molar-refractivity contribution in [3.05, 3.63) is 240 Å². The molecule has 0 saturated carbocycles. The Morgan fingerprint density at radius 3 is 1.68 bits per heavy atom. The molecule has 2 aromatic heterocycles. The molecule has 0 N–H and O–H groups in total. The minimum atomic E-state index is -0.191. The summed E-state index contributed by atoms with van der Waals surface area (Å²) in [6.45, 7) is 4.79. The quantitative estimate of drug-likeness (QED) is 0.141. The molecule has 2 heterocycles. The highest BCUT2D eigenvalue weighted by molar-refractivity contribution is 7.16. The zero-order chi connectivity index (χ0) is 41.6. The third-order valence-corrected chi connectivity index (χ3v) is 13.5. The van der Waals surface area contributed by atoms with Crippen molar-refractivity contribution in [3.63, 3.8) is 0 Å². The molecule has 0 amide bonds. The number of aromatic nitrogens is 1. The van der Waals surface area contributed by atoms with Gasteiger partial charge in [-0.1, -0.05) is 159 Å². The van der Waals surface area contributed by atoms with E-state index in [0.717, 1.165) is 22.7 Å². The van der Waals surface area contributed by atoms with Crippen molar-refractivity contribution in [1.29, 1.82) is 0 Å². The van der Waals surface area contributed by atoms with Crippen LogP contribution in [0.25, 0.3) is 72.7 Å². The van der Waals surface area contributed by atoms with Crippen molar-refractivity contribution >= 4 is 51.5 Å². The van der Waals surface area contributed by atoms with E-state index in [0.29, 0.717) is 0 Å². The second-order valence-electron chi connectivity index (χ2n) is 16.6. The summed E-state index contributed by atoms with van der Waals surface area (Å²) in [6.07, 6.45) is 4.46. The number of hydrogen-bond donors (Lipinski definition) is 0. The van der Waals surface area contributed by atoms with Gasteiger partial charge in [-0.15, -0.1) is 11.3 Å². The molecule has 8 aromatic carbocycles. The molecule has 0 saturated heterocycles. The first kappa shape index (κ1) is 37.5. The largest absolute Gasteiger partial charge is 0.311 e. The summed E-state index contributed by atoms with van der Waals surface area (Å²) in [4.78, 5) is 4.80. The van der Waals surface area contributed by atoms with Gasteiger partial charge >= 0.3 is 0 Å². The molecule has 1 aliphatic rings. The topological polar surface area (TPSA) is 8.17 Å². The molecule has 296 valence electrons. The molecule has 0 spiro atoms. The van der Waals surface area contributed by atoms with Gasteiger partial charge in [0.05, 0.1) is 11.2 Å². The SMILES string of the molecule is CC1(C)c2cc(-c3ccc(C=Cc4ccc(N(c5ccccc5)c5ccccc5)cc4)s3)ccc2-c2cc3c(-c4ccccc4)c(-c4ccccc4)n(-c4ccccc4)c3cc21. The molecule has 0 fully saturated rings. The Hall–Kier alpha value is -7.46. The fourth-order valence-electron chi connectivity index (χ4n) is 9.39. The van der Waals surface area contributed by atoms with Crippen molar-refractivity contribution in [2.75, 3.05) is 4.90 Å². The molecule has 3 heteroatoms. The van der Waals surface area contributed by atoms with Gasteiger partial charge in [-0.3, -0.25) is 0 Å². The van der Waals surface area contributed by atoms with Crippen LogP contribution >= 0.6 is 11.3 Å². The van der Waals surface area contributed by atoms with Gasteiger partial charge in [-0.25, -0.2) is 0 Å². The highest BCUT2D eigenvalue weighted by Gasteiger charge is 2.37. The predicted molar refractivity (Wildman–Crippen MR) is 265 cm³/mol. The monoisotopic (exact) mass is 812 g/mol. The average Bonchev–Trinajstić information content (AvgIpc) is 4.01. The molecule has 0 atom stereocenters. The number of thiophene rings is 1. The van der Waals surface area contributed by atoms with Gasteiger partial charge in [0.2, 0.25) is 0 Å². The number of benzene rings is 8. The first-order chi connectivity index (χ1) is 30.5. The molecular formula is C59H44N2S. The van der Waals surface area contributed by atoms with Crippen LogP contribution in [0.1, 0.15) is 35.4 Å². The van der Waals surface area contributed by atoms with Crippen LogP contribution in [-0.4, -0.2) is 4.57 Å². The second-order valence-corrected chi connectivity index (χ2v) is 17.7. The first-order valence-electron chi connectivity index (χ1n) is 21.3. The van der Waals surface area contributed by atoms with Crippen molar-refractivity contribution in [2.45, 2.75) is 19.3 Å². The van der Waals surface area contributed by atoms with Crippen LogP contribution in [0.3, 0.4) is 0 Å². The van der Waals surface area contributed by atoms with Gasteiger partial charge < -0.3 is 9.47 Å². The molecule has 0 unspecified atom stereocenters. The van der Waals surface area contributed by atoms with E-state index in [9.17, 15) is 0 Å². The van der Waals surface area contributed by atoms with Crippen LogP contribution in [0.4, 0.5) is 17.1 Å². The lowest BCUT2D eigenvalue weighted by Gasteiger charge is -2.25. The molecular weight excluding hydrogens is 769 g/mol. The van der Waals surface area contributed by atoms with E-state index in [-0.39, 0.29) is 5.41 Å². The van der Waals surface area contributed by atoms with E-state index < -0.39 is 0 Å². The third kappa shape index (κ3) is 6.59. The molecule has 11 rings (SSSR count). The first-order valence-corrected chi connectivity index (χ1v) is 22.2. The fraction of sp³-hybridized carbons (Fsp3) is 0.0508. The van der Waals surface area contributed by atoms with E-state index in [1.165, 1.54) is 76.4 Å². The maximum atomic E-state index is 2.48. The third-order valence-electron chi connectivity index (χ3n) is 12.4. The molecule has 1 aliphatic carbocycles. The highest BCUT2D eigenvalue weighted by atomic mass is 32.1. The lowest BCUT2D eigenvalue weighted by Crippen LogP contribution is -2.15. The predicted octanol–water partition coefficient (Wildman–Crippen LogP) is 16.6. The van der Waals surface area contributed by atoms with E-state index >= 15 is 0 Å². The van der Waals surface area contributed by atoms with Crippen LogP contribution in [0.2, 0.25) is 0 Å². The Kier molecular flexibility index (Phi) is 9.40. The molecule has 0 radical (unpaired) electrons. The van der Waals surface area contributed by atoms with Gasteiger partial charge in [0.1, 0.15) is 0 Å². The number of rotatable bonds is 9. The standard InChI is InChI=1S/C59H44N2S/c1-59(2)53-38-44(56-37-35-49(62-56)34-30-41-28-32-48(33-29-41)60(45-22-12-5-13-23-45)46-24-14-6-15-25-46)31-36-50(53)51-39-52-55(40-54(51)59)61(47-26-16-7-17-27-47)58(43-20-10-4-11-21-43)57(52)42-18-8-3-9-19-42/h3-40H,1-2H3. The average molecular weight is 813 g/mol. The Morgan fingerprint density at radius 2 is 1.03 bits per heavy atom. The molecule has 62 heavy (non-hydrogen) atoms.